The molecule has 1 fully saturated rings. The summed E-state index contributed by atoms with van der Waals surface area (Å²) in [6.07, 6.45) is 0.944. The van der Waals surface area contributed by atoms with E-state index in [2.05, 4.69) is 54.9 Å². The number of morpholine rings is 1. The Kier molecular flexibility index (Phi) is 4.26. The molecule has 4 rings (SSSR count). The largest absolute Gasteiger partial charge is 0.378 e. The van der Waals surface area contributed by atoms with Crippen LogP contribution in [0.4, 0.5) is 11.6 Å². The van der Waals surface area contributed by atoms with Crippen molar-refractivity contribution in [3.05, 3.63) is 22.4 Å². The van der Waals surface area contributed by atoms with Crippen LogP contribution in [-0.4, -0.2) is 46.6 Å². The van der Waals surface area contributed by atoms with Crippen LogP contribution in [0.1, 0.15) is 24.3 Å². The van der Waals surface area contributed by atoms with Gasteiger partial charge < -0.3 is 15.0 Å². The van der Waals surface area contributed by atoms with Crippen LogP contribution < -0.4 is 10.2 Å². The smallest absolute Gasteiger partial charge is 0.245 e. The van der Waals surface area contributed by atoms with Crippen LogP contribution in [0.15, 0.2) is 22.1 Å². The molecular weight excluding hydrogens is 328 g/mol. The first-order chi connectivity index (χ1) is 11.8. The molecular formula is C15H18N6O2S. The summed E-state index contributed by atoms with van der Waals surface area (Å²) in [5.74, 6) is 1.48. The summed E-state index contributed by atoms with van der Waals surface area (Å²) in [7, 11) is 0. The Morgan fingerprint density at radius 3 is 2.75 bits per heavy atom. The Bertz CT molecular complexity index is 800. The van der Waals surface area contributed by atoms with Crippen LogP contribution in [0.2, 0.25) is 0 Å². The zero-order chi connectivity index (χ0) is 16.4. The van der Waals surface area contributed by atoms with E-state index < -0.39 is 0 Å². The fourth-order valence-electron chi connectivity index (χ4n) is 2.75. The second-order valence-corrected chi connectivity index (χ2v) is 6.51. The second-order valence-electron chi connectivity index (χ2n) is 5.53. The lowest BCUT2D eigenvalue weighted by molar-refractivity contribution is 0.122. The molecule has 3 aromatic heterocycles. The average molecular weight is 346 g/mol. The van der Waals surface area contributed by atoms with Crippen LogP contribution in [0.5, 0.6) is 0 Å². The number of nitrogens with one attached hydrogen (secondary N) is 1. The predicted octanol–water partition coefficient (Wildman–Crippen LogP) is 2.47. The summed E-state index contributed by atoms with van der Waals surface area (Å²) in [6.45, 7) is 5.05. The molecule has 1 aliphatic rings. The Morgan fingerprint density at radius 2 is 2.04 bits per heavy atom. The number of nitrogens with zero attached hydrogens (tertiary/aromatic N) is 5. The van der Waals surface area contributed by atoms with E-state index in [-0.39, 0.29) is 6.04 Å². The van der Waals surface area contributed by atoms with Gasteiger partial charge in [-0.05, 0) is 28.2 Å². The molecule has 0 aromatic carbocycles. The number of rotatable bonds is 5. The third-order valence-corrected chi connectivity index (χ3v) is 5.00. The highest BCUT2D eigenvalue weighted by molar-refractivity contribution is 7.10. The highest BCUT2D eigenvalue weighted by atomic mass is 32.1. The van der Waals surface area contributed by atoms with Gasteiger partial charge in [0.15, 0.2) is 11.6 Å². The molecule has 0 amide bonds. The molecule has 1 aliphatic heterocycles. The summed E-state index contributed by atoms with van der Waals surface area (Å²) in [6, 6.07) is 4.37. The van der Waals surface area contributed by atoms with Crippen molar-refractivity contribution in [3.63, 3.8) is 0 Å². The standard InChI is InChI=1S/C15H18N6O2S/c1-2-10(11-4-3-9-24-11)16-14-15(21-5-7-22-8-6-21)18-13-12(17-14)19-23-20-13/h3-4,9-10H,2,5-8H2,1H3,(H,16,17,19)/t10-/m0/s1. The lowest BCUT2D eigenvalue weighted by Gasteiger charge is -2.29. The molecule has 0 aliphatic carbocycles. The van der Waals surface area contributed by atoms with Gasteiger partial charge in [-0.25, -0.2) is 14.6 Å². The Balaban J connectivity index is 1.71. The van der Waals surface area contributed by atoms with E-state index in [1.54, 1.807) is 11.3 Å². The normalized spacial score (nSPS) is 16.5. The van der Waals surface area contributed by atoms with Gasteiger partial charge in [0.05, 0.1) is 19.3 Å². The fourth-order valence-corrected chi connectivity index (χ4v) is 3.61. The van der Waals surface area contributed by atoms with Gasteiger partial charge in [-0.2, -0.15) is 0 Å². The van der Waals surface area contributed by atoms with Crippen molar-refractivity contribution in [2.24, 2.45) is 0 Å². The Morgan fingerprint density at radius 1 is 1.25 bits per heavy atom. The van der Waals surface area contributed by atoms with Gasteiger partial charge >= 0.3 is 0 Å². The molecule has 0 radical (unpaired) electrons. The SMILES string of the molecule is CC[C@H](Nc1nc2nonc2nc1N1CCOCC1)c1cccs1. The minimum Gasteiger partial charge on any atom is -0.378 e. The number of hydrogen-bond donors (Lipinski definition) is 1. The van der Waals surface area contributed by atoms with Crippen LogP contribution in [0.25, 0.3) is 11.3 Å². The van der Waals surface area contributed by atoms with Crippen molar-refractivity contribution in [1.82, 2.24) is 20.3 Å². The van der Waals surface area contributed by atoms with E-state index >= 15 is 0 Å². The summed E-state index contributed by atoms with van der Waals surface area (Å²) in [5.41, 5.74) is 0.835. The monoisotopic (exact) mass is 346 g/mol. The van der Waals surface area contributed by atoms with E-state index in [9.17, 15) is 0 Å². The maximum absolute atomic E-state index is 5.44. The minimum atomic E-state index is 0.177. The first-order valence-electron chi connectivity index (χ1n) is 7.98. The highest BCUT2D eigenvalue weighted by Gasteiger charge is 2.22. The maximum Gasteiger partial charge on any atom is 0.245 e. The molecule has 1 saturated heterocycles. The molecule has 9 heteroatoms. The molecule has 0 spiro atoms. The number of fused-ring (bicyclic) bond motifs is 1. The van der Waals surface area contributed by atoms with E-state index in [1.165, 1.54) is 4.88 Å². The van der Waals surface area contributed by atoms with Crippen molar-refractivity contribution in [2.75, 3.05) is 36.5 Å². The van der Waals surface area contributed by atoms with Gasteiger partial charge in [-0.1, -0.05) is 13.0 Å². The molecule has 1 N–H and O–H groups in total. The van der Waals surface area contributed by atoms with Gasteiger partial charge in [-0.15, -0.1) is 11.3 Å². The molecule has 0 unspecified atom stereocenters. The van der Waals surface area contributed by atoms with E-state index in [0.717, 1.165) is 25.3 Å². The number of thiophene rings is 1. The van der Waals surface area contributed by atoms with Crippen LogP contribution in [0.3, 0.4) is 0 Å². The van der Waals surface area contributed by atoms with Crippen LogP contribution in [0, 0.1) is 0 Å². The summed E-state index contributed by atoms with van der Waals surface area (Å²) in [5, 5.41) is 13.2. The van der Waals surface area contributed by atoms with Gasteiger partial charge in [0, 0.05) is 18.0 Å². The molecule has 24 heavy (non-hydrogen) atoms. The topological polar surface area (TPSA) is 89.2 Å². The molecule has 8 nitrogen and oxygen atoms in total. The van der Waals surface area contributed by atoms with Gasteiger partial charge in [0.25, 0.3) is 0 Å². The zero-order valence-electron chi connectivity index (χ0n) is 13.3. The molecule has 0 saturated carbocycles. The van der Waals surface area contributed by atoms with E-state index in [0.29, 0.717) is 30.3 Å². The zero-order valence-corrected chi connectivity index (χ0v) is 14.1. The van der Waals surface area contributed by atoms with Gasteiger partial charge in [0.1, 0.15) is 0 Å². The quantitative estimate of drug-likeness (QED) is 0.754. The van der Waals surface area contributed by atoms with Crippen LogP contribution >= 0.6 is 11.3 Å². The van der Waals surface area contributed by atoms with E-state index in [4.69, 9.17) is 9.37 Å². The number of hydrogen-bond acceptors (Lipinski definition) is 9. The average Bonchev–Trinajstić information content (AvgIpc) is 3.31. The Labute approximate surface area is 142 Å². The molecule has 0 bridgehead atoms. The lowest BCUT2D eigenvalue weighted by Crippen LogP contribution is -2.37. The molecule has 126 valence electrons. The van der Waals surface area contributed by atoms with Crippen molar-refractivity contribution in [3.8, 4) is 0 Å². The van der Waals surface area contributed by atoms with Crippen molar-refractivity contribution in [1.29, 1.82) is 0 Å². The molecule has 3 aromatic rings. The fraction of sp³-hybridized carbons (Fsp3) is 0.467. The van der Waals surface area contributed by atoms with Crippen molar-refractivity contribution < 1.29 is 9.37 Å². The third kappa shape index (κ3) is 2.92. The first-order valence-corrected chi connectivity index (χ1v) is 8.86. The number of ether oxygens (including phenoxy) is 1. The summed E-state index contributed by atoms with van der Waals surface area (Å²) >= 11 is 1.73. The summed E-state index contributed by atoms with van der Waals surface area (Å²) in [4.78, 5) is 12.6. The number of aromatic nitrogens is 4. The van der Waals surface area contributed by atoms with Crippen LogP contribution in [-0.2, 0) is 4.74 Å². The minimum absolute atomic E-state index is 0.177. The maximum atomic E-state index is 5.44. The molecule has 1 atom stereocenters. The summed E-state index contributed by atoms with van der Waals surface area (Å²) < 4.78 is 10.2. The third-order valence-electron chi connectivity index (χ3n) is 4.01. The van der Waals surface area contributed by atoms with Crippen molar-refractivity contribution in [2.45, 2.75) is 19.4 Å². The van der Waals surface area contributed by atoms with Crippen molar-refractivity contribution >= 4 is 34.3 Å². The second kappa shape index (κ2) is 6.70. The molecule has 4 heterocycles. The lowest BCUT2D eigenvalue weighted by atomic mass is 10.2. The van der Waals surface area contributed by atoms with E-state index in [1.807, 2.05) is 0 Å². The first kappa shape index (κ1) is 15.3. The number of anilines is 2. The predicted molar refractivity (Wildman–Crippen MR) is 91.4 cm³/mol. The van der Waals surface area contributed by atoms with Gasteiger partial charge in [-0.3, -0.25) is 0 Å². The van der Waals surface area contributed by atoms with Gasteiger partial charge in [0.2, 0.25) is 11.3 Å². The highest BCUT2D eigenvalue weighted by Crippen LogP contribution is 2.31. The Hall–Kier alpha value is -2.26.